The van der Waals surface area contributed by atoms with E-state index < -0.39 is 0 Å². The van der Waals surface area contributed by atoms with Crippen molar-refractivity contribution < 1.29 is 0 Å². The van der Waals surface area contributed by atoms with Crippen molar-refractivity contribution >= 4 is 43.9 Å². The summed E-state index contributed by atoms with van der Waals surface area (Å²) in [6, 6.07) is 12.1. The minimum Gasteiger partial charge on any atom is -0.389 e. The lowest BCUT2D eigenvalue weighted by Gasteiger charge is -2.12. The number of rotatable bonds is 2. The average molecular weight is 360 g/mol. The number of aromatic nitrogens is 2. The first-order valence-electron chi connectivity index (χ1n) is 6.54. The number of thiocarbonyl (C=S) groups is 1. The number of nitrogens with zero attached hydrogens (tertiary/aromatic N) is 2. The van der Waals surface area contributed by atoms with Crippen LogP contribution in [-0.2, 0) is 0 Å². The Morgan fingerprint density at radius 3 is 2.38 bits per heavy atom. The van der Waals surface area contributed by atoms with Crippen LogP contribution in [0.2, 0.25) is 0 Å². The predicted octanol–water partition coefficient (Wildman–Crippen LogP) is 4.04. The molecule has 0 unspecified atom stereocenters. The summed E-state index contributed by atoms with van der Waals surface area (Å²) >= 11 is 8.72. The van der Waals surface area contributed by atoms with E-state index in [2.05, 4.69) is 27.1 Å². The molecule has 0 aliphatic rings. The van der Waals surface area contributed by atoms with E-state index in [1.165, 1.54) is 0 Å². The second kappa shape index (κ2) is 5.24. The van der Waals surface area contributed by atoms with E-state index in [4.69, 9.17) is 18.0 Å². The number of nitrogens with two attached hydrogens (primary N) is 1. The first-order chi connectivity index (χ1) is 10.0. The molecule has 0 aliphatic heterocycles. The van der Waals surface area contributed by atoms with Gasteiger partial charge in [-0.05, 0) is 47.3 Å². The fraction of sp³-hybridized carbons (Fsp3) is 0.125. The Balaban J connectivity index is 2.37. The molecule has 106 valence electrons. The third-order valence-electron chi connectivity index (χ3n) is 3.60. The molecular formula is C16H14BrN3S. The van der Waals surface area contributed by atoms with E-state index in [0.717, 1.165) is 37.9 Å². The van der Waals surface area contributed by atoms with Gasteiger partial charge in [0.25, 0.3) is 0 Å². The number of benzene rings is 2. The Hall–Kier alpha value is -1.72. The molecule has 0 spiro atoms. The van der Waals surface area contributed by atoms with Crippen LogP contribution in [0.3, 0.4) is 0 Å². The summed E-state index contributed by atoms with van der Waals surface area (Å²) in [6.07, 6.45) is 0. The summed E-state index contributed by atoms with van der Waals surface area (Å²) in [4.78, 5) is 0.410. The Labute approximate surface area is 136 Å². The quantitative estimate of drug-likeness (QED) is 0.702. The van der Waals surface area contributed by atoms with Crippen molar-refractivity contribution in [2.24, 2.45) is 5.73 Å². The smallest absolute Gasteiger partial charge is 0.104 e. The lowest BCUT2D eigenvalue weighted by molar-refractivity contribution is 0.839. The van der Waals surface area contributed by atoms with Crippen LogP contribution in [0.15, 0.2) is 40.9 Å². The highest BCUT2D eigenvalue weighted by molar-refractivity contribution is 9.10. The molecule has 0 bridgehead atoms. The van der Waals surface area contributed by atoms with E-state index in [1.54, 1.807) is 0 Å². The summed E-state index contributed by atoms with van der Waals surface area (Å²) in [6.45, 7) is 4.03. The molecule has 3 nitrogen and oxygen atoms in total. The largest absolute Gasteiger partial charge is 0.389 e. The number of hydrogen-bond acceptors (Lipinski definition) is 2. The lowest BCUT2D eigenvalue weighted by Crippen LogP contribution is -2.11. The fourth-order valence-electron chi connectivity index (χ4n) is 2.54. The van der Waals surface area contributed by atoms with Crippen molar-refractivity contribution in [3.63, 3.8) is 0 Å². The molecule has 0 amide bonds. The molecule has 0 saturated heterocycles. The van der Waals surface area contributed by atoms with Gasteiger partial charge in [0, 0.05) is 10.9 Å². The SMILES string of the molecule is Cc1nn(-c2ccc(C(N)=S)c3ccccc23)c(C)c1Br. The standard InChI is InChI=1S/C16H14BrN3S/c1-9-15(17)10(2)20(19-9)14-8-7-13(16(18)21)11-5-3-4-6-12(11)14/h3-8H,1-2H3,(H2,18,21). The molecule has 0 radical (unpaired) electrons. The molecule has 0 saturated carbocycles. The van der Waals surface area contributed by atoms with Crippen LogP contribution >= 0.6 is 28.1 Å². The zero-order valence-corrected chi connectivity index (χ0v) is 14.1. The van der Waals surface area contributed by atoms with Crippen molar-refractivity contribution in [3.8, 4) is 5.69 Å². The van der Waals surface area contributed by atoms with Crippen LogP contribution < -0.4 is 5.73 Å². The molecule has 1 aromatic heterocycles. The molecule has 5 heteroatoms. The van der Waals surface area contributed by atoms with Gasteiger partial charge in [-0.1, -0.05) is 36.5 Å². The van der Waals surface area contributed by atoms with Gasteiger partial charge in [0.1, 0.15) is 4.99 Å². The van der Waals surface area contributed by atoms with Crippen molar-refractivity contribution in [2.75, 3.05) is 0 Å². The van der Waals surface area contributed by atoms with E-state index in [-0.39, 0.29) is 0 Å². The maximum atomic E-state index is 5.83. The van der Waals surface area contributed by atoms with Gasteiger partial charge in [-0.2, -0.15) is 5.10 Å². The van der Waals surface area contributed by atoms with Gasteiger partial charge >= 0.3 is 0 Å². The second-order valence-corrected chi connectivity index (χ2v) is 6.17. The van der Waals surface area contributed by atoms with Gasteiger partial charge in [-0.15, -0.1) is 0 Å². The average Bonchev–Trinajstić information content (AvgIpc) is 2.73. The fourth-order valence-corrected chi connectivity index (χ4v) is 2.97. The van der Waals surface area contributed by atoms with Crippen molar-refractivity contribution in [1.29, 1.82) is 0 Å². The van der Waals surface area contributed by atoms with Crippen LogP contribution in [0.4, 0.5) is 0 Å². The molecular weight excluding hydrogens is 346 g/mol. The topological polar surface area (TPSA) is 43.8 Å². The van der Waals surface area contributed by atoms with Crippen molar-refractivity contribution in [3.05, 3.63) is 57.8 Å². The van der Waals surface area contributed by atoms with Crippen LogP contribution in [0.5, 0.6) is 0 Å². The zero-order valence-electron chi connectivity index (χ0n) is 11.7. The highest BCUT2D eigenvalue weighted by Crippen LogP contribution is 2.29. The van der Waals surface area contributed by atoms with Gasteiger partial charge in [0.2, 0.25) is 0 Å². The minimum absolute atomic E-state index is 0.410. The Morgan fingerprint density at radius 1 is 1.14 bits per heavy atom. The molecule has 21 heavy (non-hydrogen) atoms. The zero-order chi connectivity index (χ0) is 15.1. The van der Waals surface area contributed by atoms with Crippen molar-refractivity contribution in [2.45, 2.75) is 13.8 Å². The van der Waals surface area contributed by atoms with Crippen LogP contribution in [0.25, 0.3) is 16.5 Å². The lowest BCUT2D eigenvalue weighted by atomic mass is 10.0. The van der Waals surface area contributed by atoms with Crippen LogP contribution in [0.1, 0.15) is 17.0 Å². The molecule has 3 rings (SSSR count). The van der Waals surface area contributed by atoms with Gasteiger partial charge in [-0.3, -0.25) is 0 Å². The van der Waals surface area contributed by atoms with E-state index in [0.29, 0.717) is 4.99 Å². The molecule has 2 aromatic carbocycles. The highest BCUT2D eigenvalue weighted by atomic mass is 79.9. The Kier molecular flexibility index (Phi) is 3.55. The first kappa shape index (κ1) is 14.2. The van der Waals surface area contributed by atoms with Gasteiger partial charge in [0.15, 0.2) is 0 Å². The third-order valence-corrected chi connectivity index (χ3v) is 4.97. The monoisotopic (exact) mass is 359 g/mol. The maximum absolute atomic E-state index is 5.83. The van der Waals surface area contributed by atoms with Crippen molar-refractivity contribution in [1.82, 2.24) is 9.78 Å². The van der Waals surface area contributed by atoms with Crippen LogP contribution in [0, 0.1) is 13.8 Å². The molecule has 1 heterocycles. The summed E-state index contributed by atoms with van der Waals surface area (Å²) in [5.41, 5.74) is 9.78. The van der Waals surface area contributed by atoms with Crippen LogP contribution in [-0.4, -0.2) is 14.8 Å². The number of fused-ring (bicyclic) bond motifs is 1. The number of aryl methyl sites for hydroxylation is 1. The third kappa shape index (κ3) is 2.26. The van der Waals surface area contributed by atoms with Gasteiger partial charge in [0.05, 0.1) is 21.5 Å². The summed E-state index contributed by atoms with van der Waals surface area (Å²) in [7, 11) is 0. The predicted molar refractivity (Wildman–Crippen MR) is 94.1 cm³/mol. The highest BCUT2D eigenvalue weighted by Gasteiger charge is 2.14. The maximum Gasteiger partial charge on any atom is 0.104 e. The molecule has 0 atom stereocenters. The molecule has 3 aromatic rings. The summed E-state index contributed by atoms with van der Waals surface area (Å²) in [5.74, 6) is 0. The van der Waals surface area contributed by atoms with E-state index in [9.17, 15) is 0 Å². The first-order valence-corrected chi connectivity index (χ1v) is 7.74. The van der Waals surface area contributed by atoms with E-state index in [1.807, 2.05) is 48.9 Å². The molecule has 2 N–H and O–H groups in total. The number of hydrogen-bond donors (Lipinski definition) is 1. The van der Waals surface area contributed by atoms with E-state index >= 15 is 0 Å². The summed E-state index contributed by atoms with van der Waals surface area (Å²) < 4.78 is 2.98. The Morgan fingerprint density at radius 2 is 1.81 bits per heavy atom. The minimum atomic E-state index is 0.410. The van der Waals surface area contributed by atoms with Gasteiger partial charge < -0.3 is 5.73 Å². The number of halogens is 1. The second-order valence-electron chi connectivity index (χ2n) is 4.94. The van der Waals surface area contributed by atoms with Gasteiger partial charge in [-0.25, -0.2) is 4.68 Å². The normalized spacial score (nSPS) is 11.0. The summed E-state index contributed by atoms with van der Waals surface area (Å²) in [5, 5.41) is 6.74. The Bertz CT molecular complexity index is 867. The molecule has 0 fully saturated rings. The molecule has 0 aliphatic carbocycles.